The highest BCUT2D eigenvalue weighted by atomic mass is 16.3. The average molecular weight is 183 g/mol. The van der Waals surface area contributed by atoms with Crippen LogP contribution in [0.15, 0.2) is 0 Å². The van der Waals surface area contributed by atoms with Crippen LogP contribution in [0.4, 0.5) is 5.95 Å². The summed E-state index contributed by atoms with van der Waals surface area (Å²) >= 11 is 0. The lowest BCUT2D eigenvalue weighted by atomic mass is 10.1. The molecule has 1 saturated heterocycles. The summed E-state index contributed by atoms with van der Waals surface area (Å²) in [6, 6.07) is 0. The maximum absolute atomic E-state index is 9.45. The van der Waals surface area contributed by atoms with Gasteiger partial charge >= 0.3 is 0 Å². The van der Waals surface area contributed by atoms with Crippen LogP contribution >= 0.6 is 0 Å². The van der Waals surface area contributed by atoms with E-state index in [-0.39, 0.29) is 6.10 Å². The van der Waals surface area contributed by atoms with Crippen molar-refractivity contribution in [3.63, 3.8) is 0 Å². The maximum atomic E-state index is 9.45. The highest BCUT2D eigenvalue weighted by Gasteiger charge is 2.21. The van der Waals surface area contributed by atoms with Gasteiger partial charge in [-0.2, -0.15) is 0 Å². The van der Waals surface area contributed by atoms with Crippen LogP contribution in [0.25, 0.3) is 0 Å². The van der Waals surface area contributed by atoms with Gasteiger partial charge in [0, 0.05) is 20.1 Å². The average Bonchev–Trinajstić information content (AvgIpc) is 2.51. The van der Waals surface area contributed by atoms with Gasteiger partial charge in [-0.05, 0) is 23.3 Å². The number of aromatic nitrogens is 4. The number of piperidine rings is 1. The summed E-state index contributed by atoms with van der Waals surface area (Å²) in [4.78, 5) is 2.01. The van der Waals surface area contributed by atoms with Crippen molar-refractivity contribution < 1.29 is 5.11 Å². The molecular formula is C7H13N5O. The highest BCUT2D eigenvalue weighted by Crippen LogP contribution is 2.15. The predicted octanol–water partition coefficient (Wildman–Crippen LogP) is -0.829. The third-order valence-corrected chi connectivity index (χ3v) is 2.28. The fraction of sp³-hybridized carbons (Fsp3) is 0.857. The normalized spacial score (nSPS) is 23.5. The summed E-state index contributed by atoms with van der Waals surface area (Å²) < 4.78 is 1.62. The molecule has 0 bridgehead atoms. The molecule has 2 heterocycles. The van der Waals surface area contributed by atoms with Crippen molar-refractivity contribution in [1.29, 1.82) is 0 Å². The van der Waals surface area contributed by atoms with Gasteiger partial charge in [-0.15, -0.1) is 0 Å². The van der Waals surface area contributed by atoms with Crippen molar-refractivity contribution in [3.8, 4) is 0 Å². The molecule has 0 spiro atoms. The monoisotopic (exact) mass is 183 g/mol. The van der Waals surface area contributed by atoms with Gasteiger partial charge in [0.15, 0.2) is 0 Å². The first-order valence-electron chi connectivity index (χ1n) is 4.43. The lowest BCUT2D eigenvalue weighted by Gasteiger charge is -2.29. The van der Waals surface area contributed by atoms with Crippen molar-refractivity contribution in [1.82, 2.24) is 20.2 Å². The van der Waals surface area contributed by atoms with E-state index < -0.39 is 0 Å². The fourth-order valence-corrected chi connectivity index (χ4v) is 1.63. The maximum Gasteiger partial charge on any atom is 0.245 e. The quantitative estimate of drug-likeness (QED) is 0.615. The third-order valence-electron chi connectivity index (χ3n) is 2.28. The second kappa shape index (κ2) is 3.29. The van der Waals surface area contributed by atoms with Gasteiger partial charge < -0.3 is 10.0 Å². The number of β-amino-alcohol motifs (C(OH)–C–C–N with tert-alkyl or cyclic N) is 1. The molecule has 1 aliphatic rings. The number of aliphatic hydroxyl groups is 1. The first-order valence-corrected chi connectivity index (χ1v) is 4.43. The standard InChI is InChI=1S/C7H13N5O/c1-11-7(8-9-10-11)12-4-2-3-6(13)5-12/h6,13H,2-5H2,1H3. The number of hydrogen-bond donors (Lipinski definition) is 1. The molecule has 0 aliphatic carbocycles. The molecule has 1 N–H and O–H groups in total. The smallest absolute Gasteiger partial charge is 0.245 e. The summed E-state index contributed by atoms with van der Waals surface area (Å²) in [6.45, 7) is 1.56. The molecule has 1 aromatic rings. The molecule has 0 amide bonds. The molecule has 13 heavy (non-hydrogen) atoms. The molecule has 0 saturated carbocycles. The van der Waals surface area contributed by atoms with Crippen molar-refractivity contribution in [2.45, 2.75) is 18.9 Å². The Morgan fingerprint density at radius 2 is 2.38 bits per heavy atom. The first-order chi connectivity index (χ1) is 6.27. The SMILES string of the molecule is Cn1nnnc1N1CCCC(O)C1. The van der Waals surface area contributed by atoms with Crippen LogP contribution in [0.3, 0.4) is 0 Å². The third kappa shape index (κ3) is 1.62. The summed E-state index contributed by atoms with van der Waals surface area (Å²) in [5.41, 5.74) is 0. The number of rotatable bonds is 1. The van der Waals surface area contributed by atoms with Gasteiger partial charge in [-0.25, -0.2) is 4.68 Å². The minimum absolute atomic E-state index is 0.245. The molecule has 2 rings (SSSR count). The number of nitrogens with zero attached hydrogens (tertiary/aromatic N) is 5. The zero-order chi connectivity index (χ0) is 9.26. The van der Waals surface area contributed by atoms with Gasteiger partial charge in [-0.3, -0.25) is 0 Å². The zero-order valence-corrected chi connectivity index (χ0v) is 7.59. The van der Waals surface area contributed by atoms with Crippen LogP contribution in [0, 0.1) is 0 Å². The Kier molecular flexibility index (Phi) is 2.13. The first kappa shape index (κ1) is 8.43. The lowest BCUT2D eigenvalue weighted by Crippen LogP contribution is -2.39. The molecule has 6 nitrogen and oxygen atoms in total. The zero-order valence-electron chi connectivity index (χ0n) is 7.59. The lowest BCUT2D eigenvalue weighted by molar-refractivity contribution is 0.153. The molecule has 1 aliphatic heterocycles. The van der Waals surface area contributed by atoms with Crippen LogP contribution in [-0.2, 0) is 7.05 Å². The van der Waals surface area contributed by atoms with Crippen molar-refractivity contribution in [3.05, 3.63) is 0 Å². The van der Waals surface area contributed by atoms with E-state index in [2.05, 4.69) is 15.5 Å². The topological polar surface area (TPSA) is 67.1 Å². The van der Waals surface area contributed by atoms with Crippen LogP contribution in [0.2, 0.25) is 0 Å². The molecule has 6 heteroatoms. The Labute approximate surface area is 76.2 Å². The van der Waals surface area contributed by atoms with Gasteiger partial charge in [0.1, 0.15) is 0 Å². The van der Waals surface area contributed by atoms with E-state index in [1.54, 1.807) is 11.7 Å². The summed E-state index contributed by atoms with van der Waals surface area (Å²) in [5.74, 6) is 0.735. The minimum atomic E-state index is -0.245. The van der Waals surface area contributed by atoms with Crippen molar-refractivity contribution in [2.75, 3.05) is 18.0 Å². The molecule has 0 radical (unpaired) electrons. The van der Waals surface area contributed by atoms with Gasteiger partial charge in [0.05, 0.1) is 6.10 Å². The van der Waals surface area contributed by atoms with E-state index >= 15 is 0 Å². The Morgan fingerprint density at radius 3 is 3.00 bits per heavy atom. The van der Waals surface area contributed by atoms with E-state index in [0.717, 1.165) is 25.3 Å². The second-order valence-corrected chi connectivity index (χ2v) is 3.34. The number of tetrazole rings is 1. The molecular weight excluding hydrogens is 170 g/mol. The van der Waals surface area contributed by atoms with E-state index in [9.17, 15) is 5.11 Å². The Hall–Kier alpha value is -1.17. The molecule has 1 aromatic heterocycles. The van der Waals surface area contributed by atoms with Crippen molar-refractivity contribution in [2.24, 2.45) is 7.05 Å². The van der Waals surface area contributed by atoms with Crippen LogP contribution in [0.5, 0.6) is 0 Å². The highest BCUT2D eigenvalue weighted by molar-refractivity contribution is 5.28. The van der Waals surface area contributed by atoms with Crippen LogP contribution < -0.4 is 4.90 Å². The van der Waals surface area contributed by atoms with Crippen LogP contribution in [-0.4, -0.2) is 44.5 Å². The summed E-state index contributed by atoms with van der Waals surface area (Å²) in [5, 5.41) is 20.7. The second-order valence-electron chi connectivity index (χ2n) is 3.34. The largest absolute Gasteiger partial charge is 0.391 e. The molecule has 1 fully saturated rings. The number of aliphatic hydroxyl groups excluding tert-OH is 1. The Morgan fingerprint density at radius 1 is 1.54 bits per heavy atom. The van der Waals surface area contributed by atoms with E-state index in [1.807, 2.05) is 4.90 Å². The Bertz CT molecular complexity index is 286. The molecule has 1 unspecified atom stereocenters. The number of hydrogen-bond acceptors (Lipinski definition) is 5. The molecule has 72 valence electrons. The summed E-state index contributed by atoms with van der Waals surface area (Å²) in [6.07, 6.45) is 1.63. The number of aryl methyl sites for hydroxylation is 1. The minimum Gasteiger partial charge on any atom is -0.391 e. The Balaban J connectivity index is 2.12. The van der Waals surface area contributed by atoms with Gasteiger partial charge in [-0.1, -0.05) is 5.10 Å². The van der Waals surface area contributed by atoms with Crippen LogP contribution in [0.1, 0.15) is 12.8 Å². The fourth-order valence-electron chi connectivity index (χ4n) is 1.63. The molecule has 0 aromatic carbocycles. The van der Waals surface area contributed by atoms with Gasteiger partial charge in [0.25, 0.3) is 0 Å². The van der Waals surface area contributed by atoms with Crippen molar-refractivity contribution >= 4 is 5.95 Å². The van der Waals surface area contributed by atoms with E-state index in [4.69, 9.17) is 0 Å². The van der Waals surface area contributed by atoms with E-state index in [1.165, 1.54) is 0 Å². The summed E-state index contributed by atoms with van der Waals surface area (Å²) in [7, 11) is 1.80. The van der Waals surface area contributed by atoms with E-state index in [0.29, 0.717) is 6.54 Å². The number of anilines is 1. The molecule has 1 atom stereocenters. The van der Waals surface area contributed by atoms with Gasteiger partial charge in [0.2, 0.25) is 5.95 Å². The predicted molar refractivity (Wildman–Crippen MR) is 46.3 cm³/mol.